The van der Waals surface area contributed by atoms with Gasteiger partial charge in [-0.25, -0.2) is 4.98 Å². The Balaban J connectivity index is 2.31. The lowest BCUT2D eigenvalue weighted by atomic mass is 10.4. The number of esters is 1. The van der Waals surface area contributed by atoms with Gasteiger partial charge in [-0.3, -0.25) is 4.79 Å². The van der Waals surface area contributed by atoms with Crippen LogP contribution in [-0.4, -0.2) is 22.1 Å². The molecule has 0 amide bonds. The average molecular weight is 211 g/mol. The largest absolute Gasteiger partial charge is 0.464 e. The standard InChI is InChI=1S/C10H17N3O2/c1-2-3-4-15-10(14)7-13-6-9(5-11)12-8-13/h6,8H,2-5,7,11H2,1H3. The summed E-state index contributed by atoms with van der Waals surface area (Å²) in [6, 6.07) is 0. The predicted octanol–water partition coefficient (Wildman–Crippen LogP) is 0.685. The third-order valence-electron chi connectivity index (χ3n) is 1.97. The maximum Gasteiger partial charge on any atom is 0.325 e. The Morgan fingerprint density at radius 2 is 2.47 bits per heavy atom. The van der Waals surface area contributed by atoms with Crippen LogP contribution in [0.1, 0.15) is 25.5 Å². The summed E-state index contributed by atoms with van der Waals surface area (Å²) >= 11 is 0. The number of carbonyl (C=O) groups is 1. The zero-order valence-corrected chi connectivity index (χ0v) is 8.98. The smallest absolute Gasteiger partial charge is 0.325 e. The molecule has 0 unspecified atom stereocenters. The van der Waals surface area contributed by atoms with Crippen molar-refractivity contribution >= 4 is 5.97 Å². The van der Waals surface area contributed by atoms with Crippen molar-refractivity contribution in [2.75, 3.05) is 6.61 Å². The van der Waals surface area contributed by atoms with Crippen LogP contribution in [0.2, 0.25) is 0 Å². The van der Waals surface area contributed by atoms with E-state index in [1.54, 1.807) is 17.1 Å². The number of ether oxygens (including phenoxy) is 1. The van der Waals surface area contributed by atoms with Gasteiger partial charge in [0.1, 0.15) is 6.54 Å². The SMILES string of the molecule is CCCCOC(=O)Cn1cnc(CN)c1. The monoisotopic (exact) mass is 211 g/mol. The topological polar surface area (TPSA) is 70.1 Å². The Morgan fingerprint density at radius 1 is 1.67 bits per heavy atom. The fraction of sp³-hybridized carbons (Fsp3) is 0.600. The van der Waals surface area contributed by atoms with Gasteiger partial charge in [-0.15, -0.1) is 0 Å². The molecule has 1 rings (SSSR count). The highest BCUT2D eigenvalue weighted by atomic mass is 16.5. The molecule has 1 aromatic rings. The van der Waals surface area contributed by atoms with Crippen molar-refractivity contribution in [1.82, 2.24) is 9.55 Å². The van der Waals surface area contributed by atoms with E-state index in [2.05, 4.69) is 11.9 Å². The van der Waals surface area contributed by atoms with E-state index in [-0.39, 0.29) is 12.5 Å². The summed E-state index contributed by atoms with van der Waals surface area (Å²) in [6.07, 6.45) is 5.27. The molecule has 15 heavy (non-hydrogen) atoms. The molecule has 0 aliphatic heterocycles. The molecule has 0 bridgehead atoms. The first-order valence-corrected chi connectivity index (χ1v) is 5.12. The highest BCUT2D eigenvalue weighted by Crippen LogP contribution is 1.96. The highest BCUT2D eigenvalue weighted by molar-refractivity contribution is 5.69. The van der Waals surface area contributed by atoms with Gasteiger partial charge in [0.15, 0.2) is 0 Å². The van der Waals surface area contributed by atoms with E-state index in [4.69, 9.17) is 10.5 Å². The van der Waals surface area contributed by atoms with Gasteiger partial charge >= 0.3 is 5.97 Å². The molecule has 0 aromatic carbocycles. The quantitative estimate of drug-likeness (QED) is 0.555. The summed E-state index contributed by atoms with van der Waals surface area (Å²) < 4.78 is 6.69. The second-order valence-corrected chi connectivity index (χ2v) is 3.32. The number of unbranched alkanes of at least 4 members (excludes halogenated alkanes) is 1. The molecule has 1 heterocycles. The first-order valence-electron chi connectivity index (χ1n) is 5.12. The van der Waals surface area contributed by atoms with Gasteiger partial charge in [0, 0.05) is 12.7 Å². The number of nitrogens with two attached hydrogens (primary N) is 1. The molecule has 0 aliphatic rings. The molecule has 0 saturated heterocycles. The van der Waals surface area contributed by atoms with Gasteiger partial charge in [0.25, 0.3) is 0 Å². The van der Waals surface area contributed by atoms with Crippen LogP contribution in [0.5, 0.6) is 0 Å². The number of imidazole rings is 1. The minimum Gasteiger partial charge on any atom is -0.464 e. The fourth-order valence-corrected chi connectivity index (χ4v) is 1.12. The minimum absolute atomic E-state index is 0.205. The number of aromatic nitrogens is 2. The zero-order valence-electron chi connectivity index (χ0n) is 8.98. The summed E-state index contributed by atoms with van der Waals surface area (Å²) in [5.74, 6) is -0.232. The fourth-order valence-electron chi connectivity index (χ4n) is 1.12. The molecule has 0 fully saturated rings. The van der Waals surface area contributed by atoms with E-state index >= 15 is 0 Å². The Kier molecular flexibility index (Phi) is 4.83. The highest BCUT2D eigenvalue weighted by Gasteiger charge is 2.04. The third kappa shape index (κ3) is 4.12. The summed E-state index contributed by atoms with van der Waals surface area (Å²) in [6.45, 7) is 3.14. The third-order valence-corrected chi connectivity index (χ3v) is 1.97. The van der Waals surface area contributed by atoms with Crippen molar-refractivity contribution in [1.29, 1.82) is 0 Å². The van der Waals surface area contributed by atoms with E-state index in [9.17, 15) is 4.79 Å². The van der Waals surface area contributed by atoms with E-state index < -0.39 is 0 Å². The minimum atomic E-state index is -0.232. The second kappa shape index (κ2) is 6.19. The lowest BCUT2D eigenvalue weighted by molar-refractivity contribution is -0.144. The number of hydrogen-bond acceptors (Lipinski definition) is 4. The van der Waals surface area contributed by atoms with Crippen molar-refractivity contribution in [2.45, 2.75) is 32.9 Å². The van der Waals surface area contributed by atoms with Gasteiger partial charge in [-0.2, -0.15) is 0 Å². The number of carbonyl (C=O) groups excluding carboxylic acids is 1. The van der Waals surface area contributed by atoms with Crippen molar-refractivity contribution in [3.63, 3.8) is 0 Å². The Morgan fingerprint density at radius 3 is 3.07 bits per heavy atom. The average Bonchev–Trinajstić information content (AvgIpc) is 2.66. The molecular formula is C10H17N3O2. The van der Waals surface area contributed by atoms with Crippen LogP contribution in [0, 0.1) is 0 Å². The van der Waals surface area contributed by atoms with Gasteiger partial charge in [-0.05, 0) is 6.42 Å². The summed E-state index contributed by atoms with van der Waals surface area (Å²) in [5, 5.41) is 0. The van der Waals surface area contributed by atoms with Crippen LogP contribution in [0.25, 0.3) is 0 Å². The van der Waals surface area contributed by atoms with E-state index in [0.717, 1.165) is 18.5 Å². The van der Waals surface area contributed by atoms with Crippen LogP contribution in [0.15, 0.2) is 12.5 Å². The maximum absolute atomic E-state index is 11.3. The van der Waals surface area contributed by atoms with E-state index in [1.165, 1.54) is 0 Å². The summed E-state index contributed by atoms with van der Waals surface area (Å²) in [5.41, 5.74) is 6.17. The van der Waals surface area contributed by atoms with Gasteiger partial charge in [0.2, 0.25) is 0 Å². The van der Waals surface area contributed by atoms with Gasteiger partial charge < -0.3 is 15.0 Å². The normalized spacial score (nSPS) is 10.3. The molecule has 0 radical (unpaired) electrons. The van der Waals surface area contributed by atoms with Crippen molar-refractivity contribution in [2.24, 2.45) is 5.73 Å². The molecule has 2 N–H and O–H groups in total. The Labute approximate surface area is 89.2 Å². The molecule has 84 valence electrons. The van der Waals surface area contributed by atoms with E-state index in [1.807, 2.05) is 0 Å². The van der Waals surface area contributed by atoms with Crippen LogP contribution >= 0.6 is 0 Å². The van der Waals surface area contributed by atoms with Gasteiger partial charge in [0.05, 0.1) is 18.6 Å². The van der Waals surface area contributed by atoms with Crippen molar-refractivity contribution in [3.05, 3.63) is 18.2 Å². The second-order valence-electron chi connectivity index (χ2n) is 3.32. The van der Waals surface area contributed by atoms with Gasteiger partial charge in [-0.1, -0.05) is 13.3 Å². The number of rotatable bonds is 6. The predicted molar refractivity (Wildman–Crippen MR) is 56.0 cm³/mol. The van der Waals surface area contributed by atoms with Crippen LogP contribution in [-0.2, 0) is 22.6 Å². The summed E-state index contributed by atoms with van der Waals surface area (Å²) in [4.78, 5) is 15.3. The van der Waals surface area contributed by atoms with Crippen molar-refractivity contribution in [3.8, 4) is 0 Å². The molecule has 5 nitrogen and oxygen atoms in total. The van der Waals surface area contributed by atoms with Crippen molar-refractivity contribution < 1.29 is 9.53 Å². The Bertz CT molecular complexity index is 309. The van der Waals surface area contributed by atoms with Crippen LogP contribution < -0.4 is 5.73 Å². The molecule has 0 aliphatic carbocycles. The van der Waals surface area contributed by atoms with Crippen LogP contribution in [0.4, 0.5) is 0 Å². The molecule has 1 aromatic heterocycles. The first kappa shape index (κ1) is 11.7. The summed E-state index contributed by atoms with van der Waals surface area (Å²) in [7, 11) is 0. The lowest BCUT2D eigenvalue weighted by Crippen LogP contribution is -2.13. The molecule has 0 saturated carbocycles. The first-order chi connectivity index (χ1) is 7.26. The lowest BCUT2D eigenvalue weighted by Gasteiger charge is -2.03. The maximum atomic E-state index is 11.3. The molecular weight excluding hydrogens is 194 g/mol. The molecule has 5 heteroatoms. The zero-order chi connectivity index (χ0) is 11.1. The van der Waals surface area contributed by atoms with E-state index in [0.29, 0.717) is 13.2 Å². The number of hydrogen-bond donors (Lipinski definition) is 1. The Hall–Kier alpha value is -1.36. The molecule has 0 spiro atoms. The molecule has 0 atom stereocenters. The number of nitrogens with zero attached hydrogens (tertiary/aromatic N) is 2. The van der Waals surface area contributed by atoms with Crippen LogP contribution in [0.3, 0.4) is 0 Å².